The van der Waals surface area contributed by atoms with Gasteiger partial charge in [0.25, 0.3) is 5.91 Å². The lowest BCUT2D eigenvalue weighted by Gasteiger charge is -2.20. The highest BCUT2D eigenvalue weighted by Gasteiger charge is 2.45. The maximum Gasteiger partial charge on any atom is 0.344 e. The van der Waals surface area contributed by atoms with E-state index in [-0.39, 0.29) is 11.4 Å². The summed E-state index contributed by atoms with van der Waals surface area (Å²) in [6.45, 7) is 1.71. The Balaban J connectivity index is 1.69. The lowest BCUT2D eigenvalue weighted by Crippen LogP contribution is -2.35. The van der Waals surface area contributed by atoms with E-state index in [9.17, 15) is 9.59 Å². The molecule has 0 saturated heterocycles. The topological polar surface area (TPSA) is 113 Å². The summed E-state index contributed by atoms with van der Waals surface area (Å²) in [5, 5.41) is 7.11. The molecule has 2 atom stereocenters. The number of carbonyl (C=O) groups excluding carboxylic acids is 1. The highest BCUT2D eigenvalue weighted by atomic mass is 79.9. The van der Waals surface area contributed by atoms with E-state index < -0.39 is 23.6 Å². The number of para-hydroxylation sites is 1. The van der Waals surface area contributed by atoms with Gasteiger partial charge in [0.2, 0.25) is 0 Å². The molecule has 1 aliphatic heterocycles. The average molecular weight is 527 g/mol. The molecule has 34 heavy (non-hydrogen) atoms. The van der Waals surface area contributed by atoms with Crippen LogP contribution in [0.1, 0.15) is 22.8 Å². The molecule has 4 aromatic rings. The number of benzene rings is 2. The molecule has 0 spiro atoms. The van der Waals surface area contributed by atoms with E-state index in [4.69, 9.17) is 23.2 Å². The van der Waals surface area contributed by atoms with Gasteiger partial charge < -0.3 is 28.5 Å². The van der Waals surface area contributed by atoms with Crippen molar-refractivity contribution in [2.75, 3.05) is 19.5 Å². The summed E-state index contributed by atoms with van der Waals surface area (Å²) in [6, 6.07) is 12.1. The number of fused-ring (bicyclic) bond motifs is 3. The van der Waals surface area contributed by atoms with E-state index >= 15 is 0 Å². The molecule has 5 rings (SSSR count). The second-order valence-corrected chi connectivity index (χ2v) is 8.55. The number of amides is 1. The molecule has 0 bridgehead atoms. The van der Waals surface area contributed by atoms with E-state index in [1.807, 2.05) is 0 Å². The summed E-state index contributed by atoms with van der Waals surface area (Å²) in [4.78, 5) is 26.5. The number of methoxy groups -OCH3 is 2. The minimum atomic E-state index is -1.09. The van der Waals surface area contributed by atoms with Crippen LogP contribution >= 0.6 is 15.9 Å². The van der Waals surface area contributed by atoms with Gasteiger partial charge in [0.15, 0.2) is 23.4 Å². The zero-order valence-corrected chi connectivity index (χ0v) is 20.0. The van der Waals surface area contributed by atoms with Crippen LogP contribution in [-0.2, 0) is 4.79 Å². The highest BCUT2D eigenvalue weighted by molar-refractivity contribution is 9.10. The molecule has 1 aliphatic rings. The Morgan fingerprint density at radius 2 is 1.94 bits per heavy atom. The van der Waals surface area contributed by atoms with Gasteiger partial charge in [0, 0.05) is 6.07 Å². The van der Waals surface area contributed by atoms with Crippen LogP contribution in [0.5, 0.6) is 17.2 Å². The van der Waals surface area contributed by atoms with E-state index in [2.05, 4.69) is 26.4 Å². The summed E-state index contributed by atoms with van der Waals surface area (Å²) in [6.07, 6.45) is -1.09. The zero-order chi connectivity index (χ0) is 24.0. The fourth-order valence-corrected chi connectivity index (χ4v) is 4.79. The van der Waals surface area contributed by atoms with Gasteiger partial charge in [-0.05, 0) is 52.7 Å². The number of nitrogens with zero attached hydrogens (tertiary/aromatic N) is 1. The van der Waals surface area contributed by atoms with Gasteiger partial charge in [-0.3, -0.25) is 4.79 Å². The summed E-state index contributed by atoms with van der Waals surface area (Å²) < 4.78 is 28.3. The first kappa shape index (κ1) is 22.0. The Bertz CT molecular complexity index is 1480. The van der Waals surface area contributed by atoms with Crippen molar-refractivity contribution >= 4 is 38.6 Å². The third-order valence-electron chi connectivity index (χ3n) is 5.61. The van der Waals surface area contributed by atoms with Crippen molar-refractivity contribution in [2.45, 2.75) is 18.9 Å². The summed E-state index contributed by atoms with van der Waals surface area (Å²) in [5.41, 5.74) is 0.625. The molecule has 0 saturated carbocycles. The second kappa shape index (κ2) is 8.53. The summed E-state index contributed by atoms with van der Waals surface area (Å²) >= 11 is 3.49. The molecular formula is C24H19BrN2O7. The third kappa shape index (κ3) is 3.60. The van der Waals surface area contributed by atoms with Gasteiger partial charge in [-0.1, -0.05) is 17.3 Å². The minimum absolute atomic E-state index is 0.242. The number of hydrogen-bond acceptors (Lipinski definition) is 8. The van der Waals surface area contributed by atoms with Crippen molar-refractivity contribution in [1.29, 1.82) is 0 Å². The predicted molar refractivity (Wildman–Crippen MR) is 126 cm³/mol. The van der Waals surface area contributed by atoms with Gasteiger partial charge in [-0.2, -0.15) is 0 Å². The van der Waals surface area contributed by atoms with E-state index in [0.29, 0.717) is 44.0 Å². The average Bonchev–Trinajstić information content (AvgIpc) is 3.42. The molecule has 3 heterocycles. The summed E-state index contributed by atoms with van der Waals surface area (Å²) in [5.74, 6) is 0.707. The largest absolute Gasteiger partial charge is 0.493 e. The normalized spacial score (nSPS) is 16.7. The van der Waals surface area contributed by atoms with Gasteiger partial charge in [0.1, 0.15) is 17.1 Å². The van der Waals surface area contributed by atoms with Crippen LogP contribution in [0.15, 0.2) is 60.7 Å². The van der Waals surface area contributed by atoms with Crippen LogP contribution in [-0.4, -0.2) is 31.4 Å². The van der Waals surface area contributed by atoms with Crippen molar-refractivity contribution in [3.63, 3.8) is 0 Å². The molecule has 1 amide bonds. The van der Waals surface area contributed by atoms with Gasteiger partial charge in [-0.15, -0.1) is 0 Å². The minimum Gasteiger partial charge on any atom is -0.493 e. The predicted octanol–water partition coefficient (Wildman–Crippen LogP) is 4.40. The van der Waals surface area contributed by atoms with Gasteiger partial charge in [-0.25, -0.2) is 4.79 Å². The smallest absolute Gasteiger partial charge is 0.344 e. The highest BCUT2D eigenvalue weighted by Crippen LogP contribution is 2.47. The number of carbonyl (C=O) groups is 1. The molecule has 0 aliphatic carbocycles. The zero-order valence-electron chi connectivity index (χ0n) is 18.4. The van der Waals surface area contributed by atoms with Crippen LogP contribution in [0.25, 0.3) is 11.0 Å². The van der Waals surface area contributed by atoms with Gasteiger partial charge >= 0.3 is 5.63 Å². The van der Waals surface area contributed by atoms with E-state index in [0.717, 1.165) is 0 Å². The van der Waals surface area contributed by atoms with Crippen LogP contribution in [0.3, 0.4) is 0 Å². The molecule has 2 aromatic carbocycles. The molecule has 2 aromatic heterocycles. The Hall–Kier alpha value is -3.79. The maximum absolute atomic E-state index is 13.4. The number of halogens is 1. The maximum atomic E-state index is 13.4. The van der Waals surface area contributed by atoms with Crippen molar-refractivity contribution in [2.24, 2.45) is 0 Å². The first-order chi connectivity index (χ1) is 16.4. The quantitative estimate of drug-likeness (QED) is 0.380. The molecule has 174 valence electrons. The van der Waals surface area contributed by atoms with Crippen LogP contribution in [0, 0.1) is 6.92 Å². The number of nitrogens with one attached hydrogen (secondary N) is 1. The molecule has 0 radical (unpaired) electrons. The van der Waals surface area contributed by atoms with E-state index in [1.165, 1.54) is 14.2 Å². The fraction of sp³-hybridized carbons (Fsp3) is 0.208. The second-order valence-electron chi connectivity index (χ2n) is 7.69. The molecule has 9 nitrogen and oxygen atoms in total. The molecule has 10 heteroatoms. The fourth-order valence-electron chi connectivity index (χ4n) is 4.16. The van der Waals surface area contributed by atoms with Crippen molar-refractivity contribution < 1.29 is 27.9 Å². The van der Waals surface area contributed by atoms with Crippen molar-refractivity contribution in [1.82, 2.24) is 5.16 Å². The Labute approximate surface area is 201 Å². The third-order valence-corrected chi connectivity index (χ3v) is 6.20. The van der Waals surface area contributed by atoms with E-state index in [1.54, 1.807) is 49.4 Å². The van der Waals surface area contributed by atoms with Crippen LogP contribution in [0.2, 0.25) is 0 Å². The van der Waals surface area contributed by atoms with Crippen LogP contribution < -0.4 is 25.2 Å². The Morgan fingerprint density at radius 1 is 1.15 bits per heavy atom. The van der Waals surface area contributed by atoms with Crippen LogP contribution in [0.4, 0.5) is 5.82 Å². The number of ether oxygens (including phenoxy) is 3. The number of hydrogen-bond donors (Lipinski definition) is 1. The van der Waals surface area contributed by atoms with Crippen molar-refractivity contribution in [3.05, 3.63) is 74.2 Å². The Kier molecular flexibility index (Phi) is 5.52. The number of anilines is 1. The number of rotatable bonds is 5. The monoisotopic (exact) mass is 526 g/mol. The molecule has 1 N–H and O–H groups in total. The SMILES string of the molecule is COc1cc([C@@H]2c3c(c4ccccc4oc3=O)O[C@@H]2C(=O)Nc2cc(C)on2)cc(Br)c1OC. The lowest BCUT2D eigenvalue weighted by molar-refractivity contribution is -0.122. The molecule has 0 fully saturated rings. The molecule has 0 unspecified atom stereocenters. The number of aryl methyl sites for hydroxylation is 1. The van der Waals surface area contributed by atoms with Gasteiger partial charge in [0.05, 0.1) is 35.6 Å². The standard InChI is InChI=1S/C24H19BrN2O7/c1-11-8-17(27-34-11)26-23(28)22-18(12-9-14(25)21(31-3)16(10-12)30-2)19-20(33-22)13-6-4-5-7-15(13)32-24(19)29/h4-10,18,22H,1-3H3,(H,26,27,28)/t18-,22+/m1/s1. The van der Waals surface area contributed by atoms with Crippen molar-refractivity contribution in [3.8, 4) is 17.2 Å². The summed E-state index contributed by atoms with van der Waals surface area (Å²) in [7, 11) is 3.03. The first-order valence-electron chi connectivity index (χ1n) is 10.3. The first-order valence-corrected chi connectivity index (χ1v) is 11.1. The lowest BCUT2D eigenvalue weighted by atomic mass is 9.88. The Morgan fingerprint density at radius 3 is 2.65 bits per heavy atom. The number of aromatic nitrogens is 1. The molecular weight excluding hydrogens is 508 g/mol.